The Morgan fingerprint density at radius 2 is 1.71 bits per heavy atom. The standard InChI is InChI=1S/C13H22O4/c1-11(14)16-9-10-17-13(15)8-7-12-5-3-2-4-6-12/h12H,2-10H2,1H3. The molecule has 0 aromatic carbocycles. The second kappa shape index (κ2) is 8.09. The number of carbonyl (C=O) groups is 2. The summed E-state index contributed by atoms with van der Waals surface area (Å²) in [6, 6.07) is 0. The molecule has 17 heavy (non-hydrogen) atoms. The number of esters is 2. The SMILES string of the molecule is CC(=O)OCCOC(=O)CCC1CCCCC1. The first-order valence-corrected chi connectivity index (χ1v) is 6.47. The summed E-state index contributed by atoms with van der Waals surface area (Å²) < 4.78 is 9.64. The average Bonchev–Trinajstić information content (AvgIpc) is 2.33. The molecule has 0 spiro atoms. The van der Waals surface area contributed by atoms with Gasteiger partial charge in [-0.25, -0.2) is 0 Å². The highest BCUT2D eigenvalue weighted by Crippen LogP contribution is 2.27. The van der Waals surface area contributed by atoms with Crippen molar-refractivity contribution >= 4 is 11.9 Å². The molecule has 0 radical (unpaired) electrons. The normalized spacial score (nSPS) is 16.5. The molecule has 0 heterocycles. The van der Waals surface area contributed by atoms with E-state index in [2.05, 4.69) is 4.74 Å². The van der Waals surface area contributed by atoms with Crippen molar-refractivity contribution in [3.63, 3.8) is 0 Å². The fourth-order valence-corrected chi connectivity index (χ4v) is 2.21. The molecule has 1 saturated carbocycles. The topological polar surface area (TPSA) is 52.6 Å². The van der Waals surface area contributed by atoms with Gasteiger partial charge >= 0.3 is 11.9 Å². The summed E-state index contributed by atoms with van der Waals surface area (Å²) in [7, 11) is 0. The summed E-state index contributed by atoms with van der Waals surface area (Å²) >= 11 is 0. The lowest BCUT2D eigenvalue weighted by atomic mass is 9.86. The molecular weight excluding hydrogens is 220 g/mol. The van der Waals surface area contributed by atoms with E-state index in [0.29, 0.717) is 12.3 Å². The van der Waals surface area contributed by atoms with Gasteiger partial charge in [0.25, 0.3) is 0 Å². The number of rotatable bonds is 6. The molecule has 0 unspecified atom stereocenters. The Labute approximate surface area is 103 Å². The minimum atomic E-state index is -0.344. The smallest absolute Gasteiger partial charge is 0.305 e. The molecule has 1 aliphatic carbocycles. The maximum absolute atomic E-state index is 11.4. The Hall–Kier alpha value is -1.06. The Morgan fingerprint density at radius 3 is 2.35 bits per heavy atom. The van der Waals surface area contributed by atoms with E-state index in [0.717, 1.165) is 6.42 Å². The molecule has 0 amide bonds. The van der Waals surface area contributed by atoms with Gasteiger partial charge < -0.3 is 9.47 Å². The quantitative estimate of drug-likeness (QED) is 0.530. The first-order valence-electron chi connectivity index (χ1n) is 6.47. The fraction of sp³-hybridized carbons (Fsp3) is 0.846. The van der Waals surface area contributed by atoms with Crippen molar-refractivity contribution in [2.45, 2.75) is 51.9 Å². The van der Waals surface area contributed by atoms with Gasteiger partial charge in [0.05, 0.1) is 0 Å². The van der Waals surface area contributed by atoms with Gasteiger partial charge in [-0.3, -0.25) is 9.59 Å². The minimum Gasteiger partial charge on any atom is -0.462 e. The minimum absolute atomic E-state index is 0.157. The summed E-state index contributed by atoms with van der Waals surface area (Å²) in [4.78, 5) is 21.8. The summed E-state index contributed by atoms with van der Waals surface area (Å²) in [5, 5.41) is 0. The molecule has 98 valence electrons. The van der Waals surface area contributed by atoms with E-state index in [4.69, 9.17) is 4.74 Å². The Kier molecular flexibility index (Phi) is 6.67. The van der Waals surface area contributed by atoms with Crippen LogP contribution in [-0.2, 0) is 19.1 Å². The molecule has 0 aromatic rings. The third-order valence-corrected chi connectivity index (χ3v) is 3.13. The van der Waals surface area contributed by atoms with Crippen molar-refractivity contribution in [3.05, 3.63) is 0 Å². The Bertz CT molecular complexity index is 244. The van der Waals surface area contributed by atoms with E-state index in [-0.39, 0.29) is 25.2 Å². The summed E-state index contributed by atoms with van der Waals surface area (Å²) in [5.74, 6) is 0.177. The van der Waals surface area contributed by atoms with Gasteiger partial charge in [0, 0.05) is 13.3 Å². The van der Waals surface area contributed by atoms with Crippen molar-refractivity contribution in [3.8, 4) is 0 Å². The summed E-state index contributed by atoms with van der Waals surface area (Å²) in [6.45, 7) is 1.67. The van der Waals surface area contributed by atoms with Crippen LogP contribution in [0.4, 0.5) is 0 Å². The van der Waals surface area contributed by atoms with Gasteiger partial charge in [-0.05, 0) is 12.3 Å². The van der Waals surface area contributed by atoms with Gasteiger partial charge in [-0.2, -0.15) is 0 Å². The van der Waals surface area contributed by atoms with Crippen molar-refractivity contribution < 1.29 is 19.1 Å². The molecule has 0 aromatic heterocycles. The molecule has 1 rings (SSSR count). The number of carbonyl (C=O) groups excluding carboxylic acids is 2. The maximum Gasteiger partial charge on any atom is 0.305 e. The van der Waals surface area contributed by atoms with Gasteiger partial charge in [0.1, 0.15) is 13.2 Å². The van der Waals surface area contributed by atoms with Gasteiger partial charge in [-0.15, -0.1) is 0 Å². The van der Waals surface area contributed by atoms with Gasteiger partial charge in [0.2, 0.25) is 0 Å². The molecule has 1 aliphatic rings. The molecule has 1 fully saturated rings. The van der Waals surface area contributed by atoms with Crippen LogP contribution in [0.3, 0.4) is 0 Å². The molecule has 0 N–H and O–H groups in total. The molecule has 0 atom stereocenters. The molecule has 0 saturated heterocycles. The third-order valence-electron chi connectivity index (χ3n) is 3.13. The van der Waals surface area contributed by atoms with E-state index in [9.17, 15) is 9.59 Å². The predicted octanol–water partition coefficient (Wildman–Crippen LogP) is 2.45. The van der Waals surface area contributed by atoms with E-state index >= 15 is 0 Å². The predicted molar refractivity (Wildman–Crippen MR) is 63.4 cm³/mol. The molecular formula is C13H22O4. The van der Waals surface area contributed by atoms with Gasteiger partial charge in [-0.1, -0.05) is 32.1 Å². The summed E-state index contributed by atoms with van der Waals surface area (Å²) in [6.07, 6.45) is 7.86. The Morgan fingerprint density at radius 1 is 1.06 bits per heavy atom. The molecule has 4 heteroatoms. The van der Waals surface area contributed by atoms with Crippen LogP contribution in [0.1, 0.15) is 51.9 Å². The van der Waals surface area contributed by atoms with Crippen LogP contribution in [0.25, 0.3) is 0 Å². The van der Waals surface area contributed by atoms with Crippen LogP contribution in [-0.4, -0.2) is 25.2 Å². The van der Waals surface area contributed by atoms with E-state index in [1.807, 2.05) is 0 Å². The zero-order valence-corrected chi connectivity index (χ0v) is 10.6. The van der Waals surface area contributed by atoms with Crippen LogP contribution in [0.5, 0.6) is 0 Å². The molecule has 0 aliphatic heterocycles. The van der Waals surface area contributed by atoms with Crippen LogP contribution < -0.4 is 0 Å². The number of hydrogen-bond acceptors (Lipinski definition) is 4. The number of hydrogen-bond donors (Lipinski definition) is 0. The Balaban J connectivity index is 1.98. The first-order chi connectivity index (χ1) is 8.18. The molecule has 4 nitrogen and oxygen atoms in total. The lowest BCUT2D eigenvalue weighted by Crippen LogP contribution is -2.14. The highest BCUT2D eigenvalue weighted by molar-refractivity contribution is 5.69. The van der Waals surface area contributed by atoms with Crippen molar-refractivity contribution in [1.82, 2.24) is 0 Å². The van der Waals surface area contributed by atoms with Crippen molar-refractivity contribution in [2.24, 2.45) is 5.92 Å². The van der Waals surface area contributed by atoms with Crippen LogP contribution in [0.15, 0.2) is 0 Å². The lowest BCUT2D eigenvalue weighted by Gasteiger charge is -2.20. The zero-order valence-electron chi connectivity index (χ0n) is 10.6. The zero-order chi connectivity index (χ0) is 12.5. The fourth-order valence-electron chi connectivity index (χ4n) is 2.21. The first kappa shape index (κ1) is 14.0. The van der Waals surface area contributed by atoms with Crippen molar-refractivity contribution in [1.29, 1.82) is 0 Å². The highest BCUT2D eigenvalue weighted by atomic mass is 16.6. The van der Waals surface area contributed by atoms with Crippen molar-refractivity contribution in [2.75, 3.05) is 13.2 Å². The van der Waals surface area contributed by atoms with E-state index < -0.39 is 0 Å². The van der Waals surface area contributed by atoms with Crippen LogP contribution in [0, 0.1) is 5.92 Å². The summed E-state index contributed by atoms with van der Waals surface area (Å²) in [5.41, 5.74) is 0. The second-order valence-corrected chi connectivity index (χ2v) is 4.60. The van der Waals surface area contributed by atoms with Crippen LogP contribution >= 0.6 is 0 Å². The molecule has 0 bridgehead atoms. The average molecular weight is 242 g/mol. The van der Waals surface area contributed by atoms with E-state index in [1.54, 1.807) is 0 Å². The van der Waals surface area contributed by atoms with Gasteiger partial charge in [0.15, 0.2) is 0 Å². The maximum atomic E-state index is 11.4. The second-order valence-electron chi connectivity index (χ2n) is 4.60. The monoisotopic (exact) mass is 242 g/mol. The number of ether oxygens (including phenoxy) is 2. The van der Waals surface area contributed by atoms with Crippen LogP contribution in [0.2, 0.25) is 0 Å². The lowest BCUT2D eigenvalue weighted by molar-refractivity contribution is -0.151. The third kappa shape index (κ3) is 6.97. The van der Waals surface area contributed by atoms with E-state index in [1.165, 1.54) is 39.0 Å². The largest absolute Gasteiger partial charge is 0.462 e. The highest BCUT2D eigenvalue weighted by Gasteiger charge is 2.15.